The summed E-state index contributed by atoms with van der Waals surface area (Å²) in [5, 5.41) is 3.23. The van der Waals surface area contributed by atoms with E-state index in [0.29, 0.717) is 0 Å². The Morgan fingerprint density at radius 1 is 1.42 bits per heavy atom. The molecule has 0 saturated heterocycles. The molecule has 0 bridgehead atoms. The monoisotopic (exact) mass is 172 g/mol. The average Bonchev–Trinajstić information content (AvgIpc) is 2.04. The molecule has 0 spiro atoms. The first-order valence-corrected chi connectivity index (χ1v) is 4.68. The molecule has 1 amide bonds. The van der Waals surface area contributed by atoms with E-state index in [0.717, 1.165) is 32.6 Å². The van der Waals surface area contributed by atoms with E-state index in [9.17, 15) is 4.79 Å². The molecule has 0 atom stereocenters. The van der Waals surface area contributed by atoms with Gasteiger partial charge in [0, 0.05) is 20.0 Å². The summed E-state index contributed by atoms with van der Waals surface area (Å²) in [6.07, 6.45) is 1.04. The second kappa shape index (κ2) is 7.10. The third-order valence-corrected chi connectivity index (χ3v) is 1.86. The molecule has 0 aliphatic rings. The minimum Gasteiger partial charge on any atom is -0.343 e. The zero-order valence-corrected chi connectivity index (χ0v) is 8.39. The van der Waals surface area contributed by atoms with Crippen LogP contribution in [0.15, 0.2) is 0 Å². The molecular weight excluding hydrogens is 152 g/mol. The molecule has 3 nitrogen and oxygen atoms in total. The van der Waals surface area contributed by atoms with Crippen LogP contribution in [0.25, 0.3) is 0 Å². The average molecular weight is 172 g/mol. The van der Waals surface area contributed by atoms with Gasteiger partial charge in [0.05, 0.1) is 0 Å². The van der Waals surface area contributed by atoms with E-state index in [-0.39, 0.29) is 5.91 Å². The smallest absolute Gasteiger partial charge is 0.219 e. The largest absolute Gasteiger partial charge is 0.343 e. The van der Waals surface area contributed by atoms with E-state index in [4.69, 9.17) is 0 Å². The molecule has 0 aromatic rings. The first kappa shape index (κ1) is 11.4. The van der Waals surface area contributed by atoms with E-state index in [1.165, 1.54) is 0 Å². The Kier molecular flexibility index (Phi) is 6.76. The van der Waals surface area contributed by atoms with Crippen LogP contribution in [-0.4, -0.2) is 37.0 Å². The highest BCUT2D eigenvalue weighted by Crippen LogP contribution is 1.90. The fourth-order valence-corrected chi connectivity index (χ4v) is 1.11. The summed E-state index contributed by atoms with van der Waals surface area (Å²) < 4.78 is 0. The van der Waals surface area contributed by atoms with Crippen LogP contribution in [0.1, 0.15) is 27.2 Å². The van der Waals surface area contributed by atoms with Gasteiger partial charge < -0.3 is 10.2 Å². The lowest BCUT2D eigenvalue weighted by atomic mass is 10.3. The normalized spacial score (nSPS) is 9.92. The second-order valence-corrected chi connectivity index (χ2v) is 2.81. The van der Waals surface area contributed by atoms with Crippen molar-refractivity contribution in [3.63, 3.8) is 0 Å². The summed E-state index contributed by atoms with van der Waals surface area (Å²) >= 11 is 0. The van der Waals surface area contributed by atoms with Crippen molar-refractivity contribution in [1.82, 2.24) is 10.2 Å². The van der Waals surface area contributed by atoms with Crippen molar-refractivity contribution in [2.24, 2.45) is 0 Å². The summed E-state index contributed by atoms with van der Waals surface area (Å²) in [7, 11) is 0. The molecule has 0 aromatic carbocycles. The lowest BCUT2D eigenvalue weighted by Gasteiger charge is -2.18. The fourth-order valence-electron chi connectivity index (χ4n) is 1.11. The molecule has 12 heavy (non-hydrogen) atoms. The Balaban J connectivity index is 3.38. The highest BCUT2D eigenvalue weighted by Gasteiger charge is 2.03. The Bertz CT molecular complexity index is 126. The van der Waals surface area contributed by atoms with Gasteiger partial charge in [0.2, 0.25) is 5.91 Å². The van der Waals surface area contributed by atoms with Crippen molar-refractivity contribution < 1.29 is 4.79 Å². The van der Waals surface area contributed by atoms with Gasteiger partial charge in [-0.1, -0.05) is 6.92 Å². The first-order chi connectivity index (χ1) is 5.72. The van der Waals surface area contributed by atoms with Crippen molar-refractivity contribution in [1.29, 1.82) is 0 Å². The van der Waals surface area contributed by atoms with Crippen LogP contribution in [0.5, 0.6) is 0 Å². The molecule has 0 rings (SSSR count). The predicted molar refractivity (Wildman–Crippen MR) is 51.1 cm³/mol. The number of nitrogens with one attached hydrogen (secondary N) is 1. The Morgan fingerprint density at radius 3 is 2.50 bits per heavy atom. The quantitative estimate of drug-likeness (QED) is 0.603. The first-order valence-electron chi connectivity index (χ1n) is 4.68. The number of nitrogens with zero attached hydrogens (tertiary/aromatic N) is 1. The number of carbonyl (C=O) groups excluding carboxylic acids is 1. The van der Waals surface area contributed by atoms with Crippen LogP contribution < -0.4 is 5.32 Å². The van der Waals surface area contributed by atoms with Crippen molar-refractivity contribution >= 4 is 5.91 Å². The van der Waals surface area contributed by atoms with E-state index in [1.807, 2.05) is 11.8 Å². The van der Waals surface area contributed by atoms with Gasteiger partial charge in [-0.2, -0.15) is 0 Å². The number of hydrogen-bond donors (Lipinski definition) is 1. The highest BCUT2D eigenvalue weighted by atomic mass is 16.2. The predicted octanol–water partition coefficient (Wildman–Crippen LogP) is 0.854. The maximum absolute atomic E-state index is 10.9. The second-order valence-electron chi connectivity index (χ2n) is 2.81. The third kappa shape index (κ3) is 5.13. The fraction of sp³-hybridized carbons (Fsp3) is 0.889. The molecule has 1 N–H and O–H groups in total. The highest BCUT2D eigenvalue weighted by molar-refractivity contribution is 5.73. The standard InChI is InChI=1S/C9H20N2O/c1-4-10-7-6-8-11(5-2)9(3)12/h10H,4-8H2,1-3H3. The third-order valence-electron chi connectivity index (χ3n) is 1.86. The zero-order valence-electron chi connectivity index (χ0n) is 8.39. The van der Waals surface area contributed by atoms with Crippen molar-refractivity contribution in [3.8, 4) is 0 Å². The molecular formula is C9H20N2O. The summed E-state index contributed by atoms with van der Waals surface area (Å²) in [4.78, 5) is 12.8. The number of amides is 1. The number of rotatable bonds is 6. The molecule has 0 heterocycles. The molecule has 0 saturated carbocycles. The minimum atomic E-state index is 0.175. The van der Waals surface area contributed by atoms with Gasteiger partial charge in [-0.15, -0.1) is 0 Å². The zero-order chi connectivity index (χ0) is 9.40. The molecule has 0 aromatic heterocycles. The topological polar surface area (TPSA) is 32.3 Å². The van der Waals surface area contributed by atoms with E-state index < -0.39 is 0 Å². The van der Waals surface area contributed by atoms with Crippen molar-refractivity contribution in [2.75, 3.05) is 26.2 Å². The number of carbonyl (C=O) groups is 1. The van der Waals surface area contributed by atoms with Crippen LogP contribution in [0.3, 0.4) is 0 Å². The number of hydrogen-bond acceptors (Lipinski definition) is 2. The molecule has 0 radical (unpaired) electrons. The Morgan fingerprint density at radius 2 is 2.08 bits per heavy atom. The van der Waals surface area contributed by atoms with Crippen LogP contribution in [-0.2, 0) is 4.79 Å². The lowest BCUT2D eigenvalue weighted by molar-refractivity contribution is -0.128. The summed E-state index contributed by atoms with van der Waals surface area (Å²) in [5.41, 5.74) is 0. The summed E-state index contributed by atoms with van der Waals surface area (Å²) in [5.74, 6) is 0.175. The molecule has 3 heteroatoms. The van der Waals surface area contributed by atoms with Gasteiger partial charge in [0.25, 0.3) is 0 Å². The van der Waals surface area contributed by atoms with Gasteiger partial charge in [0.15, 0.2) is 0 Å². The van der Waals surface area contributed by atoms with E-state index >= 15 is 0 Å². The maximum Gasteiger partial charge on any atom is 0.219 e. The van der Waals surface area contributed by atoms with Crippen LogP contribution >= 0.6 is 0 Å². The van der Waals surface area contributed by atoms with E-state index in [2.05, 4.69) is 12.2 Å². The Hall–Kier alpha value is -0.570. The lowest BCUT2D eigenvalue weighted by Crippen LogP contribution is -2.31. The molecule has 0 fully saturated rings. The summed E-state index contributed by atoms with van der Waals surface area (Å²) in [6, 6.07) is 0. The van der Waals surface area contributed by atoms with Crippen LogP contribution in [0, 0.1) is 0 Å². The van der Waals surface area contributed by atoms with Crippen molar-refractivity contribution in [3.05, 3.63) is 0 Å². The van der Waals surface area contributed by atoms with Gasteiger partial charge in [-0.3, -0.25) is 4.79 Å². The molecule has 72 valence electrons. The Labute approximate surface area is 75.1 Å². The van der Waals surface area contributed by atoms with Gasteiger partial charge in [0.1, 0.15) is 0 Å². The van der Waals surface area contributed by atoms with Crippen molar-refractivity contribution in [2.45, 2.75) is 27.2 Å². The van der Waals surface area contributed by atoms with Crippen LogP contribution in [0.4, 0.5) is 0 Å². The molecule has 0 aliphatic carbocycles. The molecule has 0 aliphatic heterocycles. The SMILES string of the molecule is CCNCCCN(CC)C(C)=O. The summed E-state index contributed by atoms with van der Waals surface area (Å²) in [6.45, 7) is 9.42. The molecule has 0 unspecified atom stereocenters. The minimum absolute atomic E-state index is 0.175. The van der Waals surface area contributed by atoms with Gasteiger partial charge >= 0.3 is 0 Å². The van der Waals surface area contributed by atoms with Gasteiger partial charge in [-0.25, -0.2) is 0 Å². The van der Waals surface area contributed by atoms with Crippen LogP contribution in [0.2, 0.25) is 0 Å². The van der Waals surface area contributed by atoms with E-state index in [1.54, 1.807) is 6.92 Å². The maximum atomic E-state index is 10.9. The van der Waals surface area contributed by atoms with Gasteiger partial charge in [-0.05, 0) is 26.4 Å².